The zero-order valence-electron chi connectivity index (χ0n) is 13.7. The van der Waals surface area contributed by atoms with Crippen LogP contribution >= 0.6 is 23.1 Å². The third-order valence-corrected chi connectivity index (χ3v) is 5.80. The van der Waals surface area contributed by atoms with Gasteiger partial charge in [0.1, 0.15) is 11.1 Å². The van der Waals surface area contributed by atoms with Crippen LogP contribution in [0.2, 0.25) is 0 Å². The zero-order valence-corrected chi connectivity index (χ0v) is 15.3. The number of carbonyl (C=O) groups is 1. The molecule has 4 aromatic rings. The molecule has 26 heavy (non-hydrogen) atoms. The monoisotopic (exact) mass is 378 g/mol. The van der Waals surface area contributed by atoms with Crippen molar-refractivity contribution in [2.24, 2.45) is 0 Å². The Morgan fingerprint density at radius 3 is 2.42 bits per heavy atom. The lowest BCUT2D eigenvalue weighted by Crippen LogP contribution is -2.21. The highest BCUT2D eigenvalue weighted by molar-refractivity contribution is 7.99. The van der Waals surface area contributed by atoms with Crippen molar-refractivity contribution in [1.29, 1.82) is 0 Å². The van der Waals surface area contributed by atoms with Crippen LogP contribution in [0, 0.1) is 0 Å². The Hall–Kier alpha value is -2.70. The van der Waals surface area contributed by atoms with Gasteiger partial charge in [-0.3, -0.25) is 9.36 Å². The first-order chi connectivity index (χ1) is 12.8. The van der Waals surface area contributed by atoms with E-state index in [4.69, 9.17) is 0 Å². The van der Waals surface area contributed by atoms with Crippen LogP contribution in [-0.4, -0.2) is 21.6 Å². The Morgan fingerprint density at radius 1 is 1.04 bits per heavy atom. The van der Waals surface area contributed by atoms with E-state index in [0.717, 1.165) is 22.4 Å². The summed E-state index contributed by atoms with van der Waals surface area (Å²) in [5.74, 6) is 0.252. The van der Waals surface area contributed by atoms with Gasteiger partial charge in [-0.1, -0.05) is 60.3 Å². The number of thiophene rings is 1. The smallest absolute Gasteiger partial charge is 0.267 e. The summed E-state index contributed by atoms with van der Waals surface area (Å²) in [7, 11) is 0. The molecule has 4 rings (SSSR count). The van der Waals surface area contributed by atoms with Crippen LogP contribution < -0.4 is 5.56 Å². The minimum absolute atomic E-state index is 0.118. The van der Waals surface area contributed by atoms with E-state index in [1.807, 2.05) is 66.7 Å². The van der Waals surface area contributed by atoms with Gasteiger partial charge in [0.15, 0.2) is 5.16 Å². The van der Waals surface area contributed by atoms with Gasteiger partial charge >= 0.3 is 0 Å². The molecule has 0 saturated carbocycles. The highest BCUT2D eigenvalue weighted by atomic mass is 32.2. The van der Waals surface area contributed by atoms with E-state index in [2.05, 4.69) is 4.98 Å². The summed E-state index contributed by atoms with van der Waals surface area (Å²) in [4.78, 5) is 30.4. The van der Waals surface area contributed by atoms with Gasteiger partial charge in [0.2, 0.25) is 0 Å². The van der Waals surface area contributed by atoms with Crippen LogP contribution in [0.15, 0.2) is 76.7 Å². The van der Waals surface area contributed by atoms with E-state index >= 15 is 0 Å². The molecule has 128 valence electrons. The molecule has 0 radical (unpaired) electrons. The highest BCUT2D eigenvalue weighted by Gasteiger charge is 2.16. The third-order valence-electron chi connectivity index (χ3n) is 3.89. The quantitative estimate of drug-likeness (QED) is 0.293. The Balaban J connectivity index is 1.95. The summed E-state index contributed by atoms with van der Waals surface area (Å²) in [6, 6.07) is 21.2. The fourth-order valence-electron chi connectivity index (χ4n) is 2.72. The van der Waals surface area contributed by atoms with Crippen molar-refractivity contribution in [2.75, 3.05) is 5.75 Å². The maximum Gasteiger partial charge on any atom is 0.267 e. The molecular weight excluding hydrogens is 364 g/mol. The van der Waals surface area contributed by atoms with Crippen LogP contribution in [0.1, 0.15) is 0 Å². The molecule has 0 aliphatic carbocycles. The van der Waals surface area contributed by atoms with Gasteiger partial charge < -0.3 is 4.79 Å². The Kier molecular flexibility index (Phi) is 4.69. The average molecular weight is 378 g/mol. The fourth-order valence-corrected chi connectivity index (χ4v) is 4.49. The minimum Gasteiger partial charge on any atom is -0.302 e. The molecule has 2 heterocycles. The van der Waals surface area contributed by atoms with E-state index < -0.39 is 0 Å². The molecule has 0 spiro atoms. The van der Waals surface area contributed by atoms with Gasteiger partial charge in [-0.25, -0.2) is 4.98 Å². The lowest BCUT2D eigenvalue weighted by Gasteiger charge is -2.10. The summed E-state index contributed by atoms with van der Waals surface area (Å²) in [6.45, 7) is 0. The molecule has 0 aliphatic heterocycles. The minimum atomic E-state index is -0.118. The summed E-state index contributed by atoms with van der Waals surface area (Å²) >= 11 is 2.76. The molecule has 2 aromatic heterocycles. The SMILES string of the molecule is O=CCSc1nc2sc(-c3ccccc3)cc2c(=O)n1-c1ccccc1. The van der Waals surface area contributed by atoms with Crippen LogP contribution in [0.5, 0.6) is 0 Å². The van der Waals surface area contributed by atoms with Crippen molar-refractivity contribution < 1.29 is 4.79 Å². The van der Waals surface area contributed by atoms with Crippen molar-refractivity contribution in [3.05, 3.63) is 77.1 Å². The molecule has 0 unspecified atom stereocenters. The second-order valence-corrected chi connectivity index (χ2v) is 7.56. The molecule has 0 aliphatic rings. The number of para-hydroxylation sites is 1. The topological polar surface area (TPSA) is 52.0 Å². The van der Waals surface area contributed by atoms with Crippen LogP contribution in [0.25, 0.3) is 26.3 Å². The molecule has 4 nitrogen and oxygen atoms in total. The second-order valence-electron chi connectivity index (χ2n) is 5.54. The first-order valence-corrected chi connectivity index (χ1v) is 9.82. The number of aldehydes is 1. The Bertz CT molecular complexity index is 1120. The number of benzene rings is 2. The normalized spacial score (nSPS) is 10.9. The van der Waals surface area contributed by atoms with E-state index in [1.165, 1.54) is 23.1 Å². The highest BCUT2D eigenvalue weighted by Crippen LogP contribution is 2.32. The van der Waals surface area contributed by atoms with E-state index in [1.54, 1.807) is 4.57 Å². The lowest BCUT2D eigenvalue weighted by atomic mass is 10.2. The van der Waals surface area contributed by atoms with Crippen molar-refractivity contribution in [3.8, 4) is 16.1 Å². The molecule has 6 heteroatoms. The van der Waals surface area contributed by atoms with E-state index in [-0.39, 0.29) is 11.3 Å². The maximum atomic E-state index is 13.2. The first kappa shape index (κ1) is 16.8. The van der Waals surface area contributed by atoms with Crippen LogP contribution in [0.4, 0.5) is 0 Å². The predicted octanol–water partition coefficient (Wildman–Crippen LogP) is 4.41. The average Bonchev–Trinajstić information content (AvgIpc) is 3.12. The number of aromatic nitrogens is 2. The standard InChI is InChI=1S/C20H14N2O2S2/c23-11-12-25-20-21-18-16(13-17(26-18)14-7-3-1-4-8-14)19(24)22(20)15-9-5-2-6-10-15/h1-11,13H,12H2. The van der Waals surface area contributed by atoms with Crippen molar-refractivity contribution in [2.45, 2.75) is 5.16 Å². The number of rotatable bonds is 5. The molecule has 0 fully saturated rings. The fraction of sp³-hybridized carbons (Fsp3) is 0.0500. The summed E-state index contributed by atoms with van der Waals surface area (Å²) in [5.41, 5.74) is 1.68. The number of carbonyl (C=O) groups excluding carboxylic acids is 1. The zero-order chi connectivity index (χ0) is 17.9. The molecule has 0 N–H and O–H groups in total. The maximum absolute atomic E-state index is 13.2. The van der Waals surface area contributed by atoms with Gasteiger partial charge in [0.05, 0.1) is 16.8 Å². The van der Waals surface area contributed by atoms with Crippen LogP contribution in [0.3, 0.4) is 0 Å². The van der Waals surface area contributed by atoms with Crippen LogP contribution in [-0.2, 0) is 4.79 Å². The number of hydrogen-bond acceptors (Lipinski definition) is 5. The Morgan fingerprint density at radius 2 is 1.73 bits per heavy atom. The molecule has 0 saturated heterocycles. The predicted molar refractivity (Wildman–Crippen MR) is 107 cm³/mol. The second kappa shape index (κ2) is 7.27. The summed E-state index contributed by atoms with van der Waals surface area (Å²) in [6.07, 6.45) is 0.820. The third kappa shape index (κ3) is 3.09. The van der Waals surface area contributed by atoms with E-state index in [9.17, 15) is 9.59 Å². The van der Waals surface area contributed by atoms with Crippen molar-refractivity contribution in [1.82, 2.24) is 9.55 Å². The molecule has 0 amide bonds. The first-order valence-electron chi connectivity index (χ1n) is 8.02. The molecular formula is C20H14N2O2S2. The van der Waals surface area contributed by atoms with Gasteiger partial charge in [0, 0.05) is 4.88 Å². The lowest BCUT2D eigenvalue weighted by molar-refractivity contribution is -0.105. The van der Waals surface area contributed by atoms with Gasteiger partial charge in [-0.15, -0.1) is 11.3 Å². The molecule has 2 aromatic carbocycles. The molecule has 0 bridgehead atoms. The van der Waals surface area contributed by atoms with Crippen molar-refractivity contribution >= 4 is 39.6 Å². The Labute approximate surface area is 158 Å². The molecule has 0 atom stereocenters. The summed E-state index contributed by atoms with van der Waals surface area (Å²) in [5, 5.41) is 1.12. The largest absolute Gasteiger partial charge is 0.302 e. The van der Waals surface area contributed by atoms with E-state index in [0.29, 0.717) is 15.4 Å². The number of hydrogen-bond donors (Lipinski definition) is 0. The van der Waals surface area contributed by atoms with Gasteiger partial charge in [-0.05, 0) is 23.8 Å². The number of thioether (sulfide) groups is 1. The number of nitrogens with zero attached hydrogens (tertiary/aromatic N) is 2. The number of fused-ring (bicyclic) bond motifs is 1. The van der Waals surface area contributed by atoms with Gasteiger partial charge in [-0.2, -0.15) is 0 Å². The van der Waals surface area contributed by atoms with Gasteiger partial charge in [0.25, 0.3) is 5.56 Å². The summed E-state index contributed by atoms with van der Waals surface area (Å²) < 4.78 is 1.58. The van der Waals surface area contributed by atoms with Crippen molar-refractivity contribution in [3.63, 3.8) is 0 Å².